The van der Waals surface area contributed by atoms with Crippen LogP contribution in [0.15, 0.2) is 66.7 Å². The van der Waals surface area contributed by atoms with Gasteiger partial charge in [-0.2, -0.15) is 0 Å². The van der Waals surface area contributed by atoms with Crippen LogP contribution in [0.2, 0.25) is 5.02 Å². The minimum Gasteiger partial charge on any atom is -0.406 e. The van der Waals surface area contributed by atoms with Gasteiger partial charge >= 0.3 is 6.36 Å². The van der Waals surface area contributed by atoms with E-state index in [2.05, 4.69) is 10.1 Å². The van der Waals surface area contributed by atoms with Gasteiger partial charge in [-0.1, -0.05) is 48.0 Å². The number of methoxy groups -OCH3 is 1. The predicted octanol–water partition coefficient (Wildman–Crippen LogP) is 7.19. The molecule has 9 heteroatoms. The smallest absolute Gasteiger partial charge is 0.406 e. The molecular weight excluding hydrogens is 517 g/mol. The van der Waals surface area contributed by atoms with Crippen LogP contribution in [-0.4, -0.2) is 37.4 Å². The van der Waals surface area contributed by atoms with Gasteiger partial charge in [-0.3, -0.25) is 4.79 Å². The van der Waals surface area contributed by atoms with E-state index in [1.165, 1.54) is 18.2 Å². The molecule has 0 bridgehead atoms. The minimum atomic E-state index is -4.77. The highest BCUT2D eigenvalue weighted by Gasteiger charge is 2.44. The highest BCUT2D eigenvalue weighted by Crippen LogP contribution is 2.48. The zero-order chi connectivity index (χ0) is 27.3. The summed E-state index contributed by atoms with van der Waals surface area (Å²) >= 11 is 6.23. The minimum absolute atomic E-state index is 0.209. The van der Waals surface area contributed by atoms with Crippen LogP contribution in [0.1, 0.15) is 46.8 Å². The first-order chi connectivity index (χ1) is 18.1. The molecule has 0 saturated heterocycles. The Morgan fingerprint density at radius 1 is 1.05 bits per heavy atom. The van der Waals surface area contributed by atoms with Gasteiger partial charge in [-0.15, -0.1) is 13.2 Å². The fraction of sp³-hybridized carbons (Fsp3) is 0.345. The van der Waals surface area contributed by atoms with Crippen molar-refractivity contribution in [2.75, 3.05) is 25.5 Å². The summed E-state index contributed by atoms with van der Waals surface area (Å²) in [5.74, 6) is -0.523. The molecule has 3 aromatic rings. The van der Waals surface area contributed by atoms with Crippen LogP contribution in [-0.2, 0) is 23.3 Å². The zero-order valence-corrected chi connectivity index (χ0v) is 22.0. The van der Waals surface area contributed by atoms with Crippen LogP contribution in [0.3, 0.4) is 0 Å². The normalized spacial score (nSPS) is 14.2. The highest BCUT2D eigenvalue weighted by molar-refractivity contribution is 6.31. The van der Waals surface area contributed by atoms with E-state index in [0.717, 1.165) is 24.0 Å². The molecule has 0 aliphatic heterocycles. The Bertz CT molecular complexity index is 1260. The lowest BCUT2D eigenvalue weighted by Crippen LogP contribution is -2.33. The van der Waals surface area contributed by atoms with Crippen molar-refractivity contribution in [2.24, 2.45) is 0 Å². The topological polar surface area (TPSA) is 50.8 Å². The van der Waals surface area contributed by atoms with Crippen LogP contribution in [0, 0.1) is 0 Å². The first kappa shape index (κ1) is 27.8. The van der Waals surface area contributed by atoms with Crippen molar-refractivity contribution in [2.45, 2.75) is 44.7 Å². The molecule has 1 aliphatic carbocycles. The lowest BCUT2D eigenvalue weighted by Gasteiger charge is -2.25. The highest BCUT2D eigenvalue weighted by atomic mass is 35.5. The summed E-state index contributed by atoms with van der Waals surface area (Å²) < 4.78 is 47.8. The van der Waals surface area contributed by atoms with Crippen molar-refractivity contribution in [1.29, 1.82) is 0 Å². The third-order valence-electron chi connectivity index (χ3n) is 6.62. The first-order valence-corrected chi connectivity index (χ1v) is 12.8. The zero-order valence-electron chi connectivity index (χ0n) is 21.3. The number of carbonyl (C=O) groups is 1. The maximum Gasteiger partial charge on any atom is 0.573 e. The molecule has 1 saturated carbocycles. The number of ether oxygens (including phenoxy) is 2. The van der Waals surface area contributed by atoms with Crippen LogP contribution in [0.4, 0.5) is 18.9 Å². The van der Waals surface area contributed by atoms with Gasteiger partial charge in [0, 0.05) is 37.5 Å². The number of carbonyl (C=O) groups excluding carboxylic acids is 1. The molecule has 5 nitrogen and oxygen atoms in total. The summed E-state index contributed by atoms with van der Waals surface area (Å²) in [5, 5.41) is 3.64. The maximum absolute atomic E-state index is 13.8. The Morgan fingerprint density at radius 3 is 2.42 bits per heavy atom. The number of anilines is 1. The van der Waals surface area contributed by atoms with Gasteiger partial charge < -0.3 is 19.7 Å². The number of alkyl halides is 3. The summed E-state index contributed by atoms with van der Waals surface area (Å²) in [6.07, 6.45) is -2.48. The second-order valence-corrected chi connectivity index (χ2v) is 9.72. The molecule has 0 unspecified atom stereocenters. The quantitative estimate of drug-likeness (QED) is 0.276. The first-order valence-electron chi connectivity index (χ1n) is 12.4. The van der Waals surface area contributed by atoms with Crippen molar-refractivity contribution in [3.8, 4) is 5.75 Å². The second kappa shape index (κ2) is 11.7. The predicted molar refractivity (Wildman–Crippen MR) is 142 cm³/mol. The van der Waals surface area contributed by atoms with E-state index in [-0.39, 0.29) is 23.8 Å². The van der Waals surface area contributed by atoms with Crippen molar-refractivity contribution in [3.63, 3.8) is 0 Å². The average Bonchev–Trinajstić information content (AvgIpc) is 3.68. The molecule has 0 heterocycles. The van der Waals surface area contributed by atoms with Crippen LogP contribution in [0.25, 0.3) is 0 Å². The lowest BCUT2D eigenvalue weighted by atomic mass is 10.0. The Morgan fingerprint density at radius 2 is 1.79 bits per heavy atom. The van der Waals surface area contributed by atoms with E-state index in [4.69, 9.17) is 16.3 Å². The van der Waals surface area contributed by atoms with E-state index < -0.39 is 6.36 Å². The Hall–Kier alpha value is -3.23. The number of nitrogens with zero attached hydrogens (tertiary/aromatic N) is 1. The number of nitrogens with one attached hydrogen (secondary N) is 1. The molecule has 0 radical (unpaired) electrons. The molecule has 3 aromatic carbocycles. The van der Waals surface area contributed by atoms with E-state index in [0.29, 0.717) is 41.3 Å². The Kier molecular flexibility index (Phi) is 8.53. The van der Waals surface area contributed by atoms with E-state index in [9.17, 15) is 18.0 Å². The molecule has 38 heavy (non-hydrogen) atoms. The number of rotatable bonds is 11. The summed E-state index contributed by atoms with van der Waals surface area (Å²) in [4.78, 5) is 15.5. The van der Waals surface area contributed by atoms with Crippen LogP contribution < -0.4 is 10.1 Å². The third kappa shape index (κ3) is 6.99. The van der Waals surface area contributed by atoms with Gasteiger partial charge in [0.05, 0.1) is 11.2 Å². The Labute approximate surface area is 225 Å². The van der Waals surface area contributed by atoms with E-state index >= 15 is 0 Å². The van der Waals surface area contributed by atoms with Crippen LogP contribution in [0.5, 0.6) is 5.75 Å². The van der Waals surface area contributed by atoms with E-state index in [1.807, 2.05) is 31.2 Å². The SMILES string of the molecule is CCNc1ccc(Cl)cc1C(=O)N(CCc1cccc(OC(F)(F)F)c1)Cc1ccc(C2(OC)CC2)cc1. The number of hydrogen-bond acceptors (Lipinski definition) is 4. The number of amides is 1. The van der Waals surface area contributed by atoms with E-state index in [1.54, 1.807) is 36.3 Å². The van der Waals surface area contributed by atoms with Crippen molar-refractivity contribution >= 4 is 23.2 Å². The molecule has 1 aliphatic rings. The van der Waals surface area contributed by atoms with Crippen molar-refractivity contribution in [1.82, 2.24) is 4.90 Å². The van der Waals surface area contributed by atoms with Gasteiger partial charge in [0.15, 0.2) is 0 Å². The standard InChI is InChI=1S/C29H30ClF3N2O3/c1-3-34-26-12-11-23(30)18-25(26)27(36)35(16-13-20-5-4-6-24(17-20)38-29(31,32)33)19-21-7-9-22(10-8-21)28(37-2)14-15-28/h4-12,17-18,34H,3,13-16,19H2,1-2H3. The molecule has 1 amide bonds. The van der Waals surface area contributed by atoms with Crippen molar-refractivity contribution < 1.29 is 27.4 Å². The molecule has 0 atom stereocenters. The molecule has 1 fully saturated rings. The van der Waals surface area contributed by atoms with Gasteiger partial charge in [0.2, 0.25) is 0 Å². The van der Waals surface area contributed by atoms with Gasteiger partial charge in [-0.25, -0.2) is 0 Å². The fourth-order valence-electron chi connectivity index (χ4n) is 4.48. The molecule has 0 aromatic heterocycles. The average molecular weight is 547 g/mol. The fourth-order valence-corrected chi connectivity index (χ4v) is 4.65. The molecular formula is C29H30ClF3N2O3. The van der Waals surface area contributed by atoms with Crippen molar-refractivity contribution in [3.05, 3.63) is 94.0 Å². The largest absolute Gasteiger partial charge is 0.573 e. The van der Waals surface area contributed by atoms with Gasteiger partial charge in [0.1, 0.15) is 5.75 Å². The summed E-state index contributed by atoms with van der Waals surface area (Å²) in [6.45, 7) is 3.15. The summed E-state index contributed by atoms with van der Waals surface area (Å²) in [6, 6.07) is 18.9. The lowest BCUT2D eigenvalue weighted by molar-refractivity contribution is -0.274. The van der Waals surface area contributed by atoms with Gasteiger partial charge in [0.25, 0.3) is 5.91 Å². The van der Waals surface area contributed by atoms with Crippen LogP contribution >= 0.6 is 11.6 Å². The molecule has 4 rings (SSSR count). The molecule has 1 N–H and O–H groups in total. The number of benzene rings is 3. The van der Waals surface area contributed by atoms with Gasteiger partial charge in [-0.05, 0) is 73.2 Å². The summed E-state index contributed by atoms with van der Waals surface area (Å²) in [7, 11) is 1.71. The number of halogens is 4. The second-order valence-electron chi connectivity index (χ2n) is 9.29. The number of hydrogen-bond donors (Lipinski definition) is 1. The third-order valence-corrected chi connectivity index (χ3v) is 6.85. The maximum atomic E-state index is 13.8. The summed E-state index contributed by atoms with van der Waals surface area (Å²) in [5.41, 5.74) is 3.54. The molecule has 202 valence electrons. The Balaban J connectivity index is 1.58. The monoisotopic (exact) mass is 546 g/mol. The molecule has 0 spiro atoms.